The van der Waals surface area contributed by atoms with Crippen molar-refractivity contribution in [1.29, 1.82) is 5.26 Å². The Morgan fingerprint density at radius 3 is 2.58 bits per heavy atom. The summed E-state index contributed by atoms with van der Waals surface area (Å²) in [5.74, 6) is 0.786. The maximum atomic E-state index is 9.31. The van der Waals surface area contributed by atoms with Crippen LogP contribution in [-0.2, 0) is 4.74 Å². The maximum Gasteiger partial charge on any atom is 0.106 e. The second-order valence-electron chi connectivity index (χ2n) is 5.76. The van der Waals surface area contributed by atoms with E-state index in [-0.39, 0.29) is 5.54 Å². The summed E-state index contributed by atoms with van der Waals surface area (Å²) in [4.78, 5) is 0. The minimum atomic E-state index is -0.344. The van der Waals surface area contributed by atoms with Crippen molar-refractivity contribution in [3.05, 3.63) is 0 Å². The molecule has 1 aliphatic carbocycles. The normalized spacial score (nSPS) is 19.8. The van der Waals surface area contributed by atoms with E-state index < -0.39 is 0 Å². The van der Waals surface area contributed by atoms with Gasteiger partial charge < -0.3 is 4.74 Å². The molecule has 0 saturated heterocycles. The zero-order chi connectivity index (χ0) is 14.0. The number of rotatable bonds is 9. The number of hydrogen-bond acceptors (Lipinski definition) is 3. The van der Waals surface area contributed by atoms with Crippen molar-refractivity contribution < 1.29 is 4.74 Å². The molecule has 0 aromatic heterocycles. The highest BCUT2D eigenvalue weighted by Gasteiger charge is 2.25. The molecule has 0 aromatic rings. The molecule has 0 radical (unpaired) electrons. The molecular weight excluding hydrogens is 236 g/mol. The molecular formula is C16H30N2O. The van der Waals surface area contributed by atoms with Crippen LogP contribution in [0.1, 0.15) is 65.2 Å². The predicted molar refractivity (Wildman–Crippen MR) is 78.9 cm³/mol. The smallest absolute Gasteiger partial charge is 0.106 e. The van der Waals surface area contributed by atoms with Gasteiger partial charge in [0.2, 0.25) is 0 Å². The second-order valence-corrected chi connectivity index (χ2v) is 5.76. The van der Waals surface area contributed by atoms with Crippen LogP contribution in [0, 0.1) is 17.2 Å². The lowest BCUT2D eigenvalue weighted by molar-refractivity contribution is 0.0797. The van der Waals surface area contributed by atoms with E-state index in [9.17, 15) is 5.26 Å². The van der Waals surface area contributed by atoms with E-state index in [0.717, 1.165) is 44.9 Å². The van der Waals surface area contributed by atoms with Crippen molar-refractivity contribution >= 4 is 0 Å². The average Bonchev–Trinajstić information content (AvgIpc) is 2.47. The summed E-state index contributed by atoms with van der Waals surface area (Å²) >= 11 is 0. The summed E-state index contributed by atoms with van der Waals surface area (Å²) < 4.78 is 5.80. The first kappa shape index (κ1) is 16.5. The minimum absolute atomic E-state index is 0.344. The second kappa shape index (κ2) is 9.34. The van der Waals surface area contributed by atoms with Crippen molar-refractivity contribution in [2.45, 2.75) is 70.8 Å². The molecule has 110 valence electrons. The third-order valence-electron chi connectivity index (χ3n) is 4.30. The Morgan fingerprint density at radius 1 is 1.26 bits per heavy atom. The van der Waals surface area contributed by atoms with E-state index in [2.05, 4.69) is 25.2 Å². The van der Waals surface area contributed by atoms with Crippen LogP contribution in [-0.4, -0.2) is 25.3 Å². The lowest BCUT2D eigenvalue weighted by atomic mass is 9.90. The lowest BCUT2D eigenvalue weighted by Crippen LogP contribution is -2.43. The molecule has 1 aliphatic rings. The van der Waals surface area contributed by atoms with E-state index in [1.165, 1.54) is 32.1 Å². The molecule has 0 aliphatic heterocycles. The first-order valence-corrected chi connectivity index (χ1v) is 8.00. The molecule has 19 heavy (non-hydrogen) atoms. The molecule has 0 heterocycles. The van der Waals surface area contributed by atoms with Crippen LogP contribution in [0.3, 0.4) is 0 Å². The fraction of sp³-hybridized carbons (Fsp3) is 0.938. The third kappa shape index (κ3) is 5.93. The molecule has 1 N–H and O–H groups in total. The van der Waals surface area contributed by atoms with Crippen molar-refractivity contribution in [2.75, 3.05) is 19.8 Å². The quantitative estimate of drug-likeness (QED) is 0.648. The fourth-order valence-electron chi connectivity index (χ4n) is 2.98. The predicted octanol–water partition coefficient (Wildman–Crippen LogP) is 3.65. The molecule has 0 bridgehead atoms. The van der Waals surface area contributed by atoms with Crippen molar-refractivity contribution in [2.24, 2.45) is 5.92 Å². The van der Waals surface area contributed by atoms with Gasteiger partial charge in [-0.2, -0.15) is 5.26 Å². The molecule has 1 atom stereocenters. The van der Waals surface area contributed by atoms with Crippen LogP contribution in [0.5, 0.6) is 0 Å². The number of nitrogens with zero attached hydrogens (tertiary/aromatic N) is 1. The molecule has 3 nitrogen and oxygen atoms in total. The largest absolute Gasteiger partial charge is 0.381 e. The van der Waals surface area contributed by atoms with Gasteiger partial charge >= 0.3 is 0 Å². The van der Waals surface area contributed by atoms with Gasteiger partial charge in [-0.25, -0.2) is 0 Å². The van der Waals surface area contributed by atoms with E-state index in [4.69, 9.17) is 4.74 Å². The van der Waals surface area contributed by atoms with Gasteiger partial charge in [0.1, 0.15) is 5.54 Å². The van der Waals surface area contributed by atoms with Crippen molar-refractivity contribution in [3.63, 3.8) is 0 Å². The van der Waals surface area contributed by atoms with Crippen LogP contribution in [0.15, 0.2) is 0 Å². The fourth-order valence-corrected chi connectivity index (χ4v) is 2.98. The van der Waals surface area contributed by atoms with Gasteiger partial charge in [0.15, 0.2) is 0 Å². The number of ether oxygens (including phenoxy) is 1. The number of nitriles is 1. The van der Waals surface area contributed by atoms with Crippen LogP contribution in [0.25, 0.3) is 0 Å². The van der Waals surface area contributed by atoms with Gasteiger partial charge in [-0.15, -0.1) is 0 Å². The third-order valence-corrected chi connectivity index (χ3v) is 4.30. The highest BCUT2D eigenvalue weighted by atomic mass is 16.5. The molecule has 3 heteroatoms. The van der Waals surface area contributed by atoms with Crippen LogP contribution in [0.4, 0.5) is 0 Å². The Balaban J connectivity index is 2.13. The van der Waals surface area contributed by atoms with Crippen LogP contribution >= 0.6 is 0 Å². The Bertz CT molecular complexity index is 268. The highest BCUT2D eigenvalue weighted by Crippen LogP contribution is 2.24. The maximum absolute atomic E-state index is 9.31. The van der Waals surface area contributed by atoms with E-state index in [1.807, 2.05) is 0 Å². The lowest BCUT2D eigenvalue weighted by Gasteiger charge is -2.26. The Labute approximate surface area is 118 Å². The highest BCUT2D eigenvalue weighted by molar-refractivity contribution is 5.05. The van der Waals surface area contributed by atoms with E-state index in [1.54, 1.807) is 0 Å². The van der Waals surface area contributed by atoms with Gasteiger partial charge in [-0.05, 0) is 44.6 Å². The SMILES string of the molecule is CCNC(C#N)(CC)CCCOCC1CCCCC1. The molecule has 1 rings (SSSR count). The number of nitrogens with one attached hydrogen (secondary N) is 1. The zero-order valence-electron chi connectivity index (χ0n) is 12.7. The molecule has 0 spiro atoms. The monoisotopic (exact) mass is 266 g/mol. The first-order valence-electron chi connectivity index (χ1n) is 8.00. The van der Waals surface area contributed by atoms with Gasteiger partial charge in [-0.1, -0.05) is 33.1 Å². The summed E-state index contributed by atoms with van der Waals surface area (Å²) in [5.41, 5.74) is -0.344. The molecule has 0 amide bonds. The molecule has 0 aromatic carbocycles. The average molecular weight is 266 g/mol. The van der Waals surface area contributed by atoms with Gasteiger partial charge in [0.05, 0.1) is 6.07 Å². The molecule has 1 unspecified atom stereocenters. The van der Waals surface area contributed by atoms with Crippen LogP contribution in [0.2, 0.25) is 0 Å². The summed E-state index contributed by atoms with van der Waals surface area (Å²) in [7, 11) is 0. The van der Waals surface area contributed by atoms with E-state index >= 15 is 0 Å². The topological polar surface area (TPSA) is 45.0 Å². The molecule has 1 saturated carbocycles. The Kier molecular flexibility index (Phi) is 8.09. The van der Waals surface area contributed by atoms with Gasteiger partial charge in [0.25, 0.3) is 0 Å². The zero-order valence-corrected chi connectivity index (χ0v) is 12.7. The van der Waals surface area contributed by atoms with Gasteiger partial charge in [0, 0.05) is 13.2 Å². The van der Waals surface area contributed by atoms with Crippen molar-refractivity contribution in [3.8, 4) is 6.07 Å². The Hall–Kier alpha value is -0.590. The first-order chi connectivity index (χ1) is 9.26. The van der Waals surface area contributed by atoms with E-state index in [0.29, 0.717) is 0 Å². The standard InChI is InChI=1S/C16H30N2O/c1-3-16(14-17,18-4-2)11-8-12-19-13-15-9-6-5-7-10-15/h15,18H,3-13H2,1-2H3. The molecule has 1 fully saturated rings. The Morgan fingerprint density at radius 2 is 2.00 bits per heavy atom. The van der Waals surface area contributed by atoms with Crippen molar-refractivity contribution in [1.82, 2.24) is 5.32 Å². The summed E-state index contributed by atoms with van der Waals surface area (Å²) in [6.07, 6.45) is 9.56. The number of hydrogen-bond donors (Lipinski definition) is 1. The van der Waals surface area contributed by atoms with Crippen LogP contribution < -0.4 is 5.32 Å². The summed E-state index contributed by atoms with van der Waals surface area (Å²) in [5, 5.41) is 12.6. The minimum Gasteiger partial charge on any atom is -0.381 e. The summed E-state index contributed by atoms with van der Waals surface area (Å²) in [6.45, 7) is 6.71. The summed E-state index contributed by atoms with van der Waals surface area (Å²) in [6, 6.07) is 2.44. The van der Waals surface area contributed by atoms with Gasteiger partial charge in [-0.3, -0.25) is 5.32 Å².